The van der Waals surface area contributed by atoms with E-state index in [-0.39, 0.29) is 35.7 Å². The van der Waals surface area contributed by atoms with Crippen molar-refractivity contribution >= 4 is 11.8 Å². The number of ether oxygens (including phenoxy) is 1. The third-order valence-corrected chi connectivity index (χ3v) is 10.7. The molecule has 0 amide bonds. The molecule has 1 aromatic rings. The Kier molecular flexibility index (Phi) is 6.63. The second-order valence-electron chi connectivity index (χ2n) is 12.6. The Morgan fingerprint density at radius 3 is 2.68 bits per heavy atom. The van der Waals surface area contributed by atoms with Crippen LogP contribution in [0.2, 0.25) is 0 Å². The number of hydrogen-bond donors (Lipinski definition) is 2. The Labute approximate surface area is 224 Å². The second-order valence-corrected chi connectivity index (χ2v) is 12.6. The maximum atomic E-state index is 14.4. The highest BCUT2D eigenvalue weighted by Crippen LogP contribution is 2.66. The van der Waals surface area contributed by atoms with Crippen LogP contribution in [-0.4, -0.2) is 41.7 Å². The largest absolute Gasteiger partial charge is 0.457 e. The quantitative estimate of drug-likeness (QED) is 0.491. The number of benzene rings is 1. The average Bonchev–Trinajstić information content (AvgIpc) is 3.55. The lowest BCUT2D eigenvalue weighted by atomic mass is 9.51. The van der Waals surface area contributed by atoms with E-state index < -0.39 is 17.7 Å². The van der Waals surface area contributed by atoms with Gasteiger partial charge in [0.1, 0.15) is 18.8 Å². The van der Waals surface area contributed by atoms with Gasteiger partial charge in [0.25, 0.3) is 0 Å². The van der Waals surface area contributed by atoms with Gasteiger partial charge in [-0.2, -0.15) is 0 Å². The fourth-order valence-corrected chi connectivity index (χ4v) is 8.48. The number of rotatable bonds is 5. The SMILES string of the molecule is CC(OC(=O)C1CCCN1)c1ccc(C2CC3(C)C(CC[C@@]3(O)CF)C3CCC4=CC(=O)CCC4=C23)cc1. The summed E-state index contributed by atoms with van der Waals surface area (Å²) >= 11 is 0. The van der Waals surface area contributed by atoms with Crippen molar-refractivity contribution in [2.24, 2.45) is 17.3 Å². The van der Waals surface area contributed by atoms with Crippen LogP contribution in [0.25, 0.3) is 0 Å². The first kappa shape index (κ1) is 25.9. The van der Waals surface area contributed by atoms with Crippen LogP contribution in [0.5, 0.6) is 0 Å². The van der Waals surface area contributed by atoms with Gasteiger partial charge in [-0.15, -0.1) is 0 Å². The van der Waals surface area contributed by atoms with Crippen LogP contribution in [0.1, 0.15) is 94.8 Å². The zero-order chi connectivity index (χ0) is 26.7. The topological polar surface area (TPSA) is 75.6 Å². The Hall–Kier alpha value is -2.31. The molecule has 1 aromatic carbocycles. The Bertz CT molecular complexity index is 1180. The molecule has 0 radical (unpaired) electrons. The van der Waals surface area contributed by atoms with E-state index in [2.05, 4.69) is 24.4 Å². The smallest absolute Gasteiger partial charge is 0.323 e. The lowest BCUT2D eigenvalue weighted by Gasteiger charge is -2.54. The molecule has 1 aliphatic heterocycles. The van der Waals surface area contributed by atoms with E-state index >= 15 is 0 Å². The van der Waals surface area contributed by atoms with Crippen LogP contribution < -0.4 is 5.32 Å². The van der Waals surface area contributed by atoms with Gasteiger partial charge in [0.15, 0.2) is 5.78 Å². The summed E-state index contributed by atoms with van der Waals surface area (Å²) in [4.78, 5) is 24.7. The standard InChI is InChI=1S/C32H40FNO4/c1-19(38-30(36)28-4-3-15-34-28)20-5-7-21(8-6-20)26-17-31(2)27(13-14-32(31,37)18-33)25-11-9-22-16-23(35)10-12-24(22)29(25)26/h5-8,16,19,25-28,34,37H,3-4,9-15,17-18H2,1-2H3/t19?,25?,26?,27?,28?,31?,32-/m1/s1. The minimum atomic E-state index is -1.29. The van der Waals surface area contributed by atoms with Crippen molar-refractivity contribution in [2.45, 2.75) is 95.3 Å². The van der Waals surface area contributed by atoms with Crippen LogP contribution >= 0.6 is 0 Å². The number of carbonyl (C=O) groups excluding carboxylic acids is 2. The van der Waals surface area contributed by atoms with E-state index in [1.807, 2.05) is 25.1 Å². The van der Waals surface area contributed by atoms with Gasteiger partial charge in [0.05, 0.1) is 5.60 Å². The zero-order valence-corrected chi connectivity index (χ0v) is 22.6. The third-order valence-electron chi connectivity index (χ3n) is 10.7. The Morgan fingerprint density at radius 2 is 1.97 bits per heavy atom. The minimum Gasteiger partial charge on any atom is -0.457 e. The molecule has 38 heavy (non-hydrogen) atoms. The van der Waals surface area contributed by atoms with Crippen LogP contribution in [0.3, 0.4) is 0 Å². The maximum absolute atomic E-state index is 14.4. The van der Waals surface area contributed by atoms with E-state index in [4.69, 9.17) is 4.74 Å². The van der Waals surface area contributed by atoms with E-state index in [1.54, 1.807) is 0 Å². The summed E-state index contributed by atoms with van der Waals surface area (Å²) in [5.74, 6) is 0.648. The van der Waals surface area contributed by atoms with Crippen molar-refractivity contribution in [2.75, 3.05) is 13.2 Å². The highest BCUT2D eigenvalue weighted by atomic mass is 19.1. The molecule has 2 saturated carbocycles. The Balaban J connectivity index is 1.34. The van der Waals surface area contributed by atoms with Crippen molar-refractivity contribution in [1.29, 1.82) is 0 Å². The number of alkyl halides is 1. The molecule has 6 heteroatoms. The van der Waals surface area contributed by atoms with Crippen molar-refractivity contribution < 1.29 is 23.8 Å². The summed E-state index contributed by atoms with van der Waals surface area (Å²) in [6.45, 7) is 4.17. The van der Waals surface area contributed by atoms with Crippen LogP contribution in [0, 0.1) is 17.3 Å². The first-order valence-electron chi connectivity index (χ1n) is 14.5. The number of carbonyl (C=O) groups is 2. The number of esters is 1. The molecule has 0 aromatic heterocycles. The molecule has 204 valence electrons. The van der Waals surface area contributed by atoms with Crippen LogP contribution in [-0.2, 0) is 14.3 Å². The monoisotopic (exact) mass is 521 g/mol. The fourth-order valence-electron chi connectivity index (χ4n) is 8.48. The van der Waals surface area contributed by atoms with Crippen LogP contribution in [0.4, 0.5) is 4.39 Å². The van der Waals surface area contributed by atoms with Gasteiger partial charge in [0.2, 0.25) is 0 Å². The molecule has 6 rings (SSSR count). The van der Waals surface area contributed by atoms with Gasteiger partial charge in [-0.1, -0.05) is 36.8 Å². The summed E-state index contributed by atoms with van der Waals surface area (Å²) in [5.41, 5.74) is 4.28. The molecule has 4 aliphatic carbocycles. The van der Waals surface area contributed by atoms with Gasteiger partial charge >= 0.3 is 5.97 Å². The van der Waals surface area contributed by atoms with E-state index in [1.165, 1.54) is 16.7 Å². The number of hydrogen-bond acceptors (Lipinski definition) is 5. The molecule has 0 spiro atoms. The first-order chi connectivity index (χ1) is 18.2. The van der Waals surface area contributed by atoms with Gasteiger partial charge in [-0.25, -0.2) is 4.39 Å². The van der Waals surface area contributed by atoms with Gasteiger partial charge in [0, 0.05) is 17.8 Å². The minimum absolute atomic E-state index is 0.0684. The normalized spacial score (nSPS) is 37.3. The molecular formula is C32H40FNO4. The van der Waals surface area contributed by atoms with Gasteiger partial charge in [-0.3, -0.25) is 9.59 Å². The molecule has 0 bridgehead atoms. The molecule has 3 fully saturated rings. The first-order valence-corrected chi connectivity index (χ1v) is 14.5. The van der Waals surface area contributed by atoms with Gasteiger partial charge in [-0.05, 0) is 105 Å². The molecule has 5 aliphatic rings. The van der Waals surface area contributed by atoms with E-state index in [0.29, 0.717) is 25.2 Å². The van der Waals surface area contributed by atoms with E-state index in [9.17, 15) is 19.1 Å². The Morgan fingerprint density at radius 1 is 1.18 bits per heavy atom. The predicted molar refractivity (Wildman–Crippen MR) is 143 cm³/mol. The zero-order valence-electron chi connectivity index (χ0n) is 22.6. The molecular weight excluding hydrogens is 481 g/mol. The number of ketones is 1. The number of allylic oxidation sites excluding steroid dienone is 4. The lowest BCUT2D eigenvalue weighted by Crippen LogP contribution is -2.52. The summed E-state index contributed by atoms with van der Waals surface area (Å²) < 4.78 is 20.1. The lowest BCUT2D eigenvalue weighted by molar-refractivity contribution is -0.150. The van der Waals surface area contributed by atoms with E-state index in [0.717, 1.165) is 56.2 Å². The predicted octanol–water partition coefficient (Wildman–Crippen LogP) is 5.64. The fraction of sp³-hybridized carbons (Fsp3) is 0.625. The van der Waals surface area contributed by atoms with Gasteiger partial charge < -0.3 is 15.2 Å². The molecule has 1 heterocycles. The average molecular weight is 522 g/mol. The summed E-state index contributed by atoms with van der Waals surface area (Å²) in [6, 6.07) is 8.13. The third kappa shape index (κ3) is 4.10. The number of fused-ring (bicyclic) bond motifs is 4. The number of halogens is 1. The van der Waals surface area contributed by atoms with Crippen molar-refractivity contribution in [1.82, 2.24) is 5.32 Å². The molecule has 7 atom stereocenters. The molecule has 2 N–H and O–H groups in total. The molecule has 5 nitrogen and oxygen atoms in total. The highest BCUT2D eigenvalue weighted by Gasteiger charge is 2.63. The molecule has 6 unspecified atom stereocenters. The van der Waals surface area contributed by atoms with Crippen molar-refractivity contribution in [3.8, 4) is 0 Å². The molecule has 1 saturated heterocycles. The maximum Gasteiger partial charge on any atom is 0.323 e. The summed E-state index contributed by atoms with van der Waals surface area (Å²) in [5, 5.41) is 14.7. The number of aliphatic hydroxyl groups is 1. The second kappa shape index (κ2) is 9.71. The summed E-state index contributed by atoms with van der Waals surface area (Å²) in [7, 11) is 0. The number of nitrogens with one attached hydrogen (secondary N) is 1. The van der Waals surface area contributed by atoms with Crippen molar-refractivity contribution in [3.63, 3.8) is 0 Å². The van der Waals surface area contributed by atoms with Crippen LogP contribution in [0.15, 0.2) is 47.1 Å². The summed E-state index contributed by atoms with van der Waals surface area (Å²) in [6.07, 6.45) is 8.56. The van der Waals surface area contributed by atoms with Crippen molar-refractivity contribution in [3.05, 3.63) is 58.2 Å². The highest BCUT2D eigenvalue weighted by molar-refractivity contribution is 5.93.